The number of benzene rings is 1. The van der Waals surface area contributed by atoms with E-state index in [1.165, 1.54) is 21.1 Å². The van der Waals surface area contributed by atoms with Gasteiger partial charge in [-0.05, 0) is 13.0 Å². The molecule has 0 fully saturated rings. The van der Waals surface area contributed by atoms with E-state index in [0.717, 1.165) is 12.1 Å². The van der Waals surface area contributed by atoms with Crippen LogP contribution in [0.25, 0.3) is 0 Å². The Morgan fingerprint density at radius 2 is 2.00 bits per heavy atom. The summed E-state index contributed by atoms with van der Waals surface area (Å²) < 4.78 is 23.8. The largest absolute Gasteiger partial charge is 0.505 e. The van der Waals surface area contributed by atoms with Crippen LogP contribution in [-0.2, 0) is 15.9 Å². The Morgan fingerprint density at radius 3 is 2.44 bits per heavy atom. The van der Waals surface area contributed by atoms with E-state index in [1.807, 2.05) is 0 Å². The van der Waals surface area contributed by atoms with E-state index in [0.29, 0.717) is 0 Å². The van der Waals surface area contributed by atoms with Crippen molar-refractivity contribution in [3.05, 3.63) is 33.6 Å². The molecule has 0 amide bonds. The van der Waals surface area contributed by atoms with Gasteiger partial charge in [0.05, 0.1) is 10.5 Å². The van der Waals surface area contributed by atoms with Crippen LogP contribution in [0.5, 0.6) is 5.75 Å². The second-order valence-electron chi connectivity index (χ2n) is 3.87. The Bertz CT molecular complexity index is 459. The number of methoxy groups -OCH3 is 2. The molecular weight excluding hydrogens is 245 g/mol. The normalized spacial score (nSPS) is 11.6. The number of ether oxygens (including phenoxy) is 2. The highest BCUT2D eigenvalue weighted by Crippen LogP contribution is 2.32. The monoisotopic (exact) mass is 259 g/mol. The van der Waals surface area contributed by atoms with Crippen molar-refractivity contribution < 1.29 is 23.9 Å². The predicted octanol–water partition coefficient (Wildman–Crippen LogP) is 1.99. The average Bonchev–Trinajstić information content (AvgIpc) is 2.34. The molecule has 0 aliphatic heterocycles. The number of nitrogens with zero attached hydrogens (tertiary/aromatic N) is 1. The van der Waals surface area contributed by atoms with Crippen LogP contribution in [0, 0.1) is 15.9 Å². The predicted molar refractivity (Wildman–Crippen MR) is 60.8 cm³/mol. The molecule has 1 aromatic carbocycles. The summed E-state index contributed by atoms with van der Waals surface area (Å²) in [5.74, 6) is -2.89. The number of hydrogen-bond donors (Lipinski definition) is 1. The smallest absolute Gasteiger partial charge is 0.276 e. The van der Waals surface area contributed by atoms with Gasteiger partial charge in [-0.2, -0.15) is 0 Å². The first-order valence-corrected chi connectivity index (χ1v) is 5.09. The second kappa shape index (κ2) is 5.28. The summed E-state index contributed by atoms with van der Waals surface area (Å²) in [5, 5.41) is 20.1. The summed E-state index contributed by atoms with van der Waals surface area (Å²) >= 11 is 0. The molecule has 1 aromatic rings. The number of phenolic OH excluding ortho intramolecular Hbond substituents is 1. The number of aromatic hydroxyl groups is 1. The average molecular weight is 259 g/mol. The Labute approximate surface area is 103 Å². The van der Waals surface area contributed by atoms with E-state index in [1.54, 1.807) is 0 Å². The fraction of sp³-hybridized carbons (Fsp3) is 0.455. The molecule has 0 atom stereocenters. The highest BCUT2D eigenvalue weighted by molar-refractivity contribution is 5.46. The number of nitro groups is 1. The lowest BCUT2D eigenvalue weighted by molar-refractivity contribution is -0.386. The van der Waals surface area contributed by atoms with Crippen molar-refractivity contribution in [1.29, 1.82) is 0 Å². The van der Waals surface area contributed by atoms with Crippen molar-refractivity contribution in [2.45, 2.75) is 19.1 Å². The van der Waals surface area contributed by atoms with Crippen molar-refractivity contribution in [2.75, 3.05) is 14.2 Å². The highest BCUT2D eigenvalue weighted by atomic mass is 19.1. The van der Waals surface area contributed by atoms with Crippen LogP contribution in [0.2, 0.25) is 0 Å². The van der Waals surface area contributed by atoms with Gasteiger partial charge >= 0.3 is 0 Å². The van der Waals surface area contributed by atoms with Gasteiger partial charge in [-0.1, -0.05) is 0 Å². The number of rotatable bonds is 5. The maximum Gasteiger partial charge on any atom is 0.276 e. The first-order valence-electron chi connectivity index (χ1n) is 5.09. The van der Waals surface area contributed by atoms with Crippen LogP contribution in [0.1, 0.15) is 12.5 Å². The fourth-order valence-corrected chi connectivity index (χ4v) is 1.49. The number of hydrogen-bond acceptors (Lipinski definition) is 5. The van der Waals surface area contributed by atoms with Crippen LogP contribution in [0.15, 0.2) is 12.1 Å². The van der Waals surface area contributed by atoms with Crippen molar-refractivity contribution in [3.63, 3.8) is 0 Å². The van der Waals surface area contributed by atoms with E-state index in [-0.39, 0.29) is 12.0 Å². The zero-order valence-electron chi connectivity index (χ0n) is 10.3. The minimum absolute atomic E-state index is 0.198. The van der Waals surface area contributed by atoms with Crippen molar-refractivity contribution in [3.8, 4) is 5.75 Å². The Kier molecular flexibility index (Phi) is 4.20. The van der Waals surface area contributed by atoms with Crippen LogP contribution in [-0.4, -0.2) is 30.0 Å². The minimum Gasteiger partial charge on any atom is -0.505 e. The summed E-state index contributed by atoms with van der Waals surface area (Å²) in [6.07, 6.45) is -0.198. The van der Waals surface area contributed by atoms with E-state index in [4.69, 9.17) is 9.47 Å². The van der Waals surface area contributed by atoms with Crippen molar-refractivity contribution in [2.24, 2.45) is 0 Å². The molecule has 0 bridgehead atoms. The second-order valence-corrected chi connectivity index (χ2v) is 3.87. The van der Waals surface area contributed by atoms with Gasteiger partial charge in [0.1, 0.15) is 0 Å². The number of nitro benzene ring substituents is 1. The molecular formula is C11H14FNO5. The van der Waals surface area contributed by atoms with Gasteiger partial charge in [-0.15, -0.1) is 0 Å². The first kappa shape index (κ1) is 14.3. The Balaban J connectivity index is 3.29. The quantitative estimate of drug-likeness (QED) is 0.496. The minimum atomic E-state index is -1.21. The molecule has 6 nitrogen and oxygen atoms in total. The summed E-state index contributed by atoms with van der Waals surface area (Å²) in [6, 6.07) is 1.98. The molecule has 0 aliphatic rings. The van der Waals surface area contributed by atoms with Gasteiger partial charge in [0.25, 0.3) is 5.69 Å². The molecule has 1 rings (SSSR count). The number of halogens is 1. The third kappa shape index (κ3) is 2.74. The van der Waals surface area contributed by atoms with Gasteiger partial charge < -0.3 is 14.6 Å². The standard InChI is InChI=1S/C11H14FNO5/c1-11(17-2,18-3)6-7-8(13(15)16)4-5-9(14)10(7)12/h4-5,14H,6H2,1-3H3. The molecule has 1 N–H and O–H groups in total. The molecule has 0 aromatic heterocycles. The zero-order chi connectivity index (χ0) is 13.9. The van der Waals surface area contributed by atoms with Crippen LogP contribution in [0.3, 0.4) is 0 Å². The zero-order valence-corrected chi connectivity index (χ0v) is 10.3. The first-order chi connectivity index (χ1) is 8.34. The third-order valence-electron chi connectivity index (χ3n) is 2.76. The van der Waals surface area contributed by atoms with Gasteiger partial charge in [0.15, 0.2) is 17.4 Å². The molecule has 18 heavy (non-hydrogen) atoms. The summed E-state index contributed by atoms with van der Waals surface area (Å²) in [6.45, 7) is 1.51. The van der Waals surface area contributed by atoms with Gasteiger partial charge in [-0.25, -0.2) is 4.39 Å². The van der Waals surface area contributed by atoms with Crippen molar-refractivity contribution >= 4 is 5.69 Å². The molecule has 0 heterocycles. The van der Waals surface area contributed by atoms with Gasteiger partial charge in [0.2, 0.25) is 0 Å². The Hall–Kier alpha value is -1.73. The molecule has 0 spiro atoms. The summed E-state index contributed by atoms with van der Waals surface area (Å²) in [7, 11) is 2.69. The summed E-state index contributed by atoms with van der Waals surface area (Å²) in [5.41, 5.74) is -0.683. The van der Waals surface area contributed by atoms with Crippen LogP contribution < -0.4 is 0 Å². The molecule has 0 radical (unpaired) electrons. The molecule has 100 valence electrons. The van der Waals surface area contributed by atoms with E-state index in [2.05, 4.69) is 0 Å². The lowest BCUT2D eigenvalue weighted by atomic mass is 10.0. The van der Waals surface area contributed by atoms with E-state index < -0.39 is 28.0 Å². The molecule has 0 aliphatic carbocycles. The topological polar surface area (TPSA) is 81.8 Å². The maximum atomic E-state index is 13.8. The maximum absolute atomic E-state index is 13.8. The van der Waals surface area contributed by atoms with E-state index in [9.17, 15) is 19.6 Å². The van der Waals surface area contributed by atoms with Crippen LogP contribution in [0.4, 0.5) is 10.1 Å². The lowest BCUT2D eigenvalue weighted by Crippen LogP contribution is -2.33. The van der Waals surface area contributed by atoms with Gasteiger partial charge in [0, 0.05) is 26.7 Å². The Morgan fingerprint density at radius 1 is 1.44 bits per heavy atom. The molecule has 7 heteroatoms. The lowest BCUT2D eigenvalue weighted by Gasteiger charge is -2.26. The van der Waals surface area contributed by atoms with Crippen LogP contribution >= 0.6 is 0 Å². The SMILES string of the molecule is COC(C)(Cc1c([N+](=O)[O-])ccc(O)c1F)OC. The van der Waals surface area contributed by atoms with E-state index >= 15 is 0 Å². The molecule has 0 saturated heterocycles. The fourth-order valence-electron chi connectivity index (χ4n) is 1.49. The van der Waals surface area contributed by atoms with Gasteiger partial charge in [-0.3, -0.25) is 10.1 Å². The molecule has 0 unspecified atom stereocenters. The van der Waals surface area contributed by atoms with Crippen molar-refractivity contribution in [1.82, 2.24) is 0 Å². The highest BCUT2D eigenvalue weighted by Gasteiger charge is 2.31. The number of phenols is 1. The molecule has 0 saturated carbocycles. The third-order valence-corrected chi connectivity index (χ3v) is 2.76. The summed E-state index contributed by atoms with van der Waals surface area (Å²) in [4.78, 5) is 10.1.